The van der Waals surface area contributed by atoms with Gasteiger partial charge in [0.2, 0.25) is 5.91 Å². The van der Waals surface area contributed by atoms with Crippen LogP contribution < -0.4 is 5.32 Å². The van der Waals surface area contributed by atoms with Crippen molar-refractivity contribution in [2.45, 2.75) is 50.2 Å². The van der Waals surface area contributed by atoms with Crippen LogP contribution in [-0.2, 0) is 19.4 Å². The van der Waals surface area contributed by atoms with Crippen molar-refractivity contribution in [2.75, 3.05) is 32.0 Å². The molecule has 0 radical (unpaired) electrons. The molecule has 0 aliphatic carbocycles. The third-order valence-corrected chi connectivity index (χ3v) is 6.64. The van der Waals surface area contributed by atoms with Gasteiger partial charge in [0.25, 0.3) is 0 Å². The predicted octanol–water partition coefficient (Wildman–Crippen LogP) is 2.71. The summed E-state index contributed by atoms with van der Waals surface area (Å²) in [7, 11) is -1.45. The number of amides is 2. The Balaban J connectivity index is 1.49. The van der Waals surface area contributed by atoms with E-state index in [9.17, 15) is 18.0 Å². The summed E-state index contributed by atoms with van der Waals surface area (Å²) < 4.78 is 29.1. The van der Waals surface area contributed by atoms with Crippen LogP contribution in [0.25, 0.3) is 6.08 Å². The van der Waals surface area contributed by atoms with Crippen molar-refractivity contribution in [3.05, 3.63) is 29.2 Å². The number of piperidine rings is 1. The summed E-state index contributed by atoms with van der Waals surface area (Å²) in [4.78, 5) is 28.6. The average molecular weight is 436 g/mol. The number of likely N-dealkylation sites (tertiary alicyclic amines) is 1. The number of rotatable bonds is 4. The fourth-order valence-corrected chi connectivity index (χ4v) is 4.81. The lowest BCUT2D eigenvalue weighted by Crippen LogP contribution is -2.48. The van der Waals surface area contributed by atoms with E-state index in [-0.39, 0.29) is 29.5 Å². The molecule has 0 atom stereocenters. The molecule has 1 N–H and O–H groups in total. The lowest BCUT2D eigenvalue weighted by Gasteiger charge is -2.37. The molecule has 9 heteroatoms. The van der Waals surface area contributed by atoms with Gasteiger partial charge in [0, 0.05) is 30.2 Å². The fraction of sp³-hybridized carbons (Fsp3) is 0.524. The molecule has 0 unspecified atom stereocenters. The molecular formula is C21H29N3O5S. The molecule has 1 fully saturated rings. The zero-order valence-corrected chi connectivity index (χ0v) is 18.7. The maximum Gasteiger partial charge on any atom is 0.410 e. The molecule has 0 bridgehead atoms. The Bertz CT molecular complexity index is 957. The van der Waals surface area contributed by atoms with E-state index in [0.717, 1.165) is 12.8 Å². The Kier molecular flexibility index (Phi) is 6.24. The number of hydrogen-bond acceptors (Lipinski definition) is 6. The van der Waals surface area contributed by atoms with E-state index in [1.807, 2.05) is 32.7 Å². The van der Waals surface area contributed by atoms with Crippen LogP contribution in [0.3, 0.4) is 0 Å². The molecule has 0 aromatic heterocycles. The van der Waals surface area contributed by atoms with E-state index >= 15 is 0 Å². The second-order valence-corrected chi connectivity index (χ2v) is 10.6. The van der Waals surface area contributed by atoms with Gasteiger partial charge in [-0.05, 0) is 70.5 Å². The lowest BCUT2D eigenvalue weighted by atomic mass is 10.0. The quantitative estimate of drug-likeness (QED) is 0.781. The number of anilines is 1. The van der Waals surface area contributed by atoms with Crippen molar-refractivity contribution >= 4 is 33.6 Å². The third kappa shape index (κ3) is 5.40. The van der Waals surface area contributed by atoms with Crippen LogP contribution in [0, 0.1) is 0 Å². The van der Waals surface area contributed by atoms with Gasteiger partial charge in [0.05, 0.1) is 11.4 Å². The van der Waals surface area contributed by atoms with Gasteiger partial charge in [-0.25, -0.2) is 13.2 Å². The van der Waals surface area contributed by atoms with E-state index in [0.29, 0.717) is 24.3 Å². The maximum absolute atomic E-state index is 12.4. The van der Waals surface area contributed by atoms with Crippen LogP contribution in [0.5, 0.6) is 0 Å². The number of hydrogen-bond donors (Lipinski definition) is 1. The van der Waals surface area contributed by atoms with Gasteiger partial charge in [-0.3, -0.25) is 9.69 Å². The second-order valence-electron chi connectivity index (χ2n) is 8.76. The van der Waals surface area contributed by atoms with Gasteiger partial charge in [-0.1, -0.05) is 0 Å². The number of ether oxygens (including phenoxy) is 1. The Hall–Kier alpha value is -2.39. The zero-order valence-electron chi connectivity index (χ0n) is 17.8. The third-order valence-electron chi connectivity index (χ3n) is 5.16. The Labute approximate surface area is 177 Å². The van der Waals surface area contributed by atoms with Crippen LogP contribution in [-0.4, -0.2) is 68.5 Å². The summed E-state index contributed by atoms with van der Waals surface area (Å²) in [5, 5.41) is 4.00. The number of benzene rings is 1. The second kappa shape index (κ2) is 8.39. The molecule has 0 spiro atoms. The largest absolute Gasteiger partial charge is 0.444 e. The first-order chi connectivity index (χ1) is 13.9. The lowest BCUT2D eigenvalue weighted by molar-refractivity contribution is -0.117. The molecule has 30 heavy (non-hydrogen) atoms. The van der Waals surface area contributed by atoms with Crippen molar-refractivity contribution < 1.29 is 22.7 Å². The summed E-state index contributed by atoms with van der Waals surface area (Å²) in [6, 6.07) is 4.97. The van der Waals surface area contributed by atoms with Gasteiger partial charge in [0.1, 0.15) is 5.60 Å². The molecule has 164 valence electrons. The van der Waals surface area contributed by atoms with Gasteiger partial charge >= 0.3 is 6.09 Å². The van der Waals surface area contributed by atoms with E-state index in [2.05, 4.69) is 5.32 Å². The molecule has 2 aliphatic heterocycles. The smallest absolute Gasteiger partial charge is 0.410 e. The van der Waals surface area contributed by atoms with Gasteiger partial charge in [-0.15, -0.1) is 0 Å². The molecule has 1 aromatic rings. The van der Waals surface area contributed by atoms with Gasteiger partial charge in [-0.2, -0.15) is 0 Å². The first kappa shape index (κ1) is 22.3. The number of sulfone groups is 1. The molecule has 1 saturated heterocycles. The first-order valence-electron chi connectivity index (χ1n) is 10.00. The van der Waals surface area contributed by atoms with Crippen LogP contribution >= 0.6 is 0 Å². The number of fused-ring (bicyclic) bond motifs is 1. The highest BCUT2D eigenvalue weighted by molar-refractivity contribution is 7.94. The highest BCUT2D eigenvalue weighted by Gasteiger charge is 2.29. The van der Waals surface area contributed by atoms with Crippen LogP contribution in [0.2, 0.25) is 0 Å². The molecule has 2 amide bonds. The topological polar surface area (TPSA) is 96.0 Å². The van der Waals surface area contributed by atoms with E-state index < -0.39 is 15.4 Å². The van der Waals surface area contributed by atoms with Crippen molar-refractivity contribution in [3.8, 4) is 0 Å². The first-order valence-corrected chi connectivity index (χ1v) is 11.5. The SMILES string of the molecule is CN(CC(=O)Nc1ccc2c(c1)C=CS2(=O)=O)C1CCN(C(=O)OC(C)(C)C)CC1. The highest BCUT2D eigenvalue weighted by Crippen LogP contribution is 2.29. The van der Waals surface area contributed by atoms with E-state index in [4.69, 9.17) is 4.74 Å². The highest BCUT2D eigenvalue weighted by atomic mass is 32.2. The summed E-state index contributed by atoms with van der Waals surface area (Å²) in [5.41, 5.74) is 0.629. The number of likely N-dealkylation sites (N-methyl/N-ethyl adjacent to an activating group) is 1. The molecule has 8 nitrogen and oxygen atoms in total. The minimum atomic E-state index is -3.34. The molecular weight excluding hydrogens is 406 g/mol. The van der Waals surface area contributed by atoms with Crippen molar-refractivity contribution in [1.82, 2.24) is 9.80 Å². The predicted molar refractivity (Wildman–Crippen MR) is 115 cm³/mol. The Morgan fingerprint density at radius 3 is 2.53 bits per heavy atom. The molecule has 1 aromatic carbocycles. The maximum atomic E-state index is 12.4. The summed E-state index contributed by atoms with van der Waals surface area (Å²) in [6.45, 7) is 6.94. The number of carbonyl (C=O) groups excluding carboxylic acids is 2. The van der Waals surface area contributed by atoms with Crippen LogP contribution in [0.1, 0.15) is 39.2 Å². The zero-order chi connectivity index (χ0) is 22.1. The monoisotopic (exact) mass is 435 g/mol. The van der Waals surface area contributed by atoms with Gasteiger partial charge in [0.15, 0.2) is 9.84 Å². The summed E-state index contributed by atoms with van der Waals surface area (Å²) in [5.74, 6) is -0.170. The van der Waals surface area contributed by atoms with Crippen molar-refractivity contribution in [2.24, 2.45) is 0 Å². The van der Waals surface area contributed by atoms with Gasteiger partial charge < -0.3 is 15.0 Å². The van der Waals surface area contributed by atoms with Crippen molar-refractivity contribution in [3.63, 3.8) is 0 Å². The minimum Gasteiger partial charge on any atom is -0.444 e. The molecule has 2 aliphatic rings. The number of nitrogens with one attached hydrogen (secondary N) is 1. The average Bonchev–Trinajstić information content (AvgIpc) is 2.94. The number of nitrogens with zero attached hydrogens (tertiary/aromatic N) is 2. The van der Waals surface area contributed by atoms with Crippen LogP contribution in [0.15, 0.2) is 28.5 Å². The Morgan fingerprint density at radius 2 is 1.90 bits per heavy atom. The number of carbonyl (C=O) groups is 2. The minimum absolute atomic E-state index is 0.170. The molecule has 2 heterocycles. The fourth-order valence-electron chi connectivity index (χ4n) is 3.62. The summed E-state index contributed by atoms with van der Waals surface area (Å²) >= 11 is 0. The van der Waals surface area contributed by atoms with Crippen LogP contribution in [0.4, 0.5) is 10.5 Å². The molecule has 3 rings (SSSR count). The Morgan fingerprint density at radius 1 is 1.23 bits per heavy atom. The van der Waals surface area contributed by atoms with E-state index in [1.165, 1.54) is 17.6 Å². The van der Waals surface area contributed by atoms with Crippen molar-refractivity contribution in [1.29, 1.82) is 0 Å². The standard InChI is InChI=1S/C21H29N3O5S/c1-21(2,3)29-20(26)24-10-7-17(8-11-24)23(4)14-19(25)22-16-5-6-18-15(13-16)9-12-30(18,27)28/h5-6,9,12-13,17H,7-8,10-11,14H2,1-4H3,(H,22,25). The molecule has 0 saturated carbocycles. The van der Waals surface area contributed by atoms with E-state index in [1.54, 1.807) is 17.0 Å². The summed E-state index contributed by atoms with van der Waals surface area (Å²) in [6.07, 6.45) is 2.77. The normalized spacial score (nSPS) is 18.4.